The lowest BCUT2D eigenvalue weighted by atomic mass is 10.2. The molecule has 0 spiro atoms. The van der Waals surface area contributed by atoms with Crippen molar-refractivity contribution in [2.45, 2.75) is 13.8 Å². The van der Waals surface area contributed by atoms with Crippen molar-refractivity contribution in [3.05, 3.63) is 44.8 Å². The molecule has 0 saturated carbocycles. The normalized spacial score (nSPS) is 10.3. The van der Waals surface area contributed by atoms with Crippen molar-refractivity contribution in [3.8, 4) is 0 Å². The Bertz CT molecular complexity index is 644. The minimum absolute atomic E-state index is 0.116. The third-order valence-electron chi connectivity index (χ3n) is 2.66. The molecule has 1 aromatic carbocycles. The number of halogens is 1. The number of carbonyl (C=O) groups is 1. The van der Waals surface area contributed by atoms with E-state index < -0.39 is 5.97 Å². The lowest BCUT2D eigenvalue weighted by Gasteiger charge is -2.09. The highest BCUT2D eigenvalue weighted by molar-refractivity contribution is 14.1. The van der Waals surface area contributed by atoms with Gasteiger partial charge in [-0.25, -0.2) is 14.8 Å². The number of aryl methyl sites for hydroxylation is 2. The summed E-state index contributed by atoms with van der Waals surface area (Å²) < 4.78 is 1.10. The second kappa shape index (κ2) is 5.52. The second-order valence-corrected chi connectivity index (χ2v) is 5.33. The summed E-state index contributed by atoms with van der Waals surface area (Å²) in [5.41, 5.74) is 2.54. The molecule has 0 radical (unpaired) electrons. The maximum atomic E-state index is 10.9. The Morgan fingerprint density at radius 1 is 1.37 bits per heavy atom. The third-order valence-corrected chi connectivity index (χ3v) is 3.33. The molecule has 0 saturated heterocycles. The van der Waals surface area contributed by atoms with E-state index in [0.717, 1.165) is 14.8 Å². The second-order valence-electron chi connectivity index (χ2n) is 4.08. The van der Waals surface area contributed by atoms with Crippen LogP contribution in [0, 0.1) is 17.4 Å². The number of anilines is 2. The van der Waals surface area contributed by atoms with E-state index >= 15 is 0 Å². The minimum Gasteiger partial charge on any atom is -0.478 e. The molecule has 0 unspecified atom stereocenters. The zero-order valence-corrected chi connectivity index (χ0v) is 12.6. The largest absolute Gasteiger partial charge is 0.478 e. The van der Waals surface area contributed by atoms with Crippen molar-refractivity contribution in [2.24, 2.45) is 0 Å². The van der Waals surface area contributed by atoms with Crippen LogP contribution in [0.2, 0.25) is 0 Å². The molecule has 2 aromatic rings. The molecule has 0 aliphatic heterocycles. The van der Waals surface area contributed by atoms with E-state index in [9.17, 15) is 4.79 Å². The molecule has 0 amide bonds. The van der Waals surface area contributed by atoms with Gasteiger partial charge in [0.2, 0.25) is 5.95 Å². The standard InChI is InChI=1S/C13H12IN3O2/c1-7-3-4-9(14)5-11(7)17-13-15-6-10(12(18)19)8(2)16-13/h3-6H,1-2H3,(H,18,19)(H,15,16,17). The first kappa shape index (κ1) is 13.7. The van der Waals surface area contributed by atoms with E-state index in [-0.39, 0.29) is 5.56 Å². The molecule has 0 bridgehead atoms. The summed E-state index contributed by atoms with van der Waals surface area (Å²) in [5.74, 6) is -0.623. The summed E-state index contributed by atoms with van der Waals surface area (Å²) in [6.07, 6.45) is 1.32. The van der Waals surface area contributed by atoms with Crippen LogP contribution in [0.25, 0.3) is 0 Å². The van der Waals surface area contributed by atoms with E-state index in [0.29, 0.717) is 11.6 Å². The van der Waals surface area contributed by atoms with Crippen molar-refractivity contribution in [1.29, 1.82) is 0 Å². The molecule has 1 heterocycles. The lowest BCUT2D eigenvalue weighted by molar-refractivity contribution is 0.0695. The fraction of sp³-hybridized carbons (Fsp3) is 0.154. The molecule has 1 aromatic heterocycles. The maximum Gasteiger partial charge on any atom is 0.339 e. The smallest absolute Gasteiger partial charge is 0.339 e. The quantitative estimate of drug-likeness (QED) is 0.814. The Morgan fingerprint density at radius 2 is 2.11 bits per heavy atom. The van der Waals surface area contributed by atoms with Crippen LogP contribution in [0.3, 0.4) is 0 Å². The van der Waals surface area contributed by atoms with E-state index in [1.165, 1.54) is 6.20 Å². The number of carboxylic acid groups (broad SMARTS) is 1. The SMILES string of the molecule is Cc1ccc(I)cc1Nc1ncc(C(=O)O)c(C)n1. The van der Waals surface area contributed by atoms with Crippen LogP contribution < -0.4 is 5.32 Å². The highest BCUT2D eigenvalue weighted by atomic mass is 127. The van der Waals surface area contributed by atoms with Crippen molar-refractivity contribution in [2.75, 3.05) is 5.32 Å². The van der Waals surface area contributed by atoms with Crippen LogP contribution >= 0.6 is 22.6 Å². The Kier molecular flexibility index (Phi) is 3.98. The van der Waals surface area contributed by atoms with Gasteiger partial charge in [-0.1, -0.05) is 6.07 Å². The van der Waals surface area contributed by atoms with E-state index in [1.807, 2.05) is 25.1 Å². The van der Waals surface area contributed by atoms with Gasteiger partial charge in [-0.2, -0.15) is 0 Å². The summed E-state index contributed by atoms with van der Waals surface area (Å²) >= 11 is 2.23. The fourth-order valence-corrected chi connectivity index (χ4v) is 2.08. The third kappa shape index (κ3) is 3.19. The molecule has 2 rings (SSSR count). The highest BCUT2D eigenvalue weighted by Crippen LogP contribution is 2.21. The van der Waals surface area contributed by atoms with Crippen molar-refractivity contribution in [3.63, 3.8) is 0 Å². The average molecular weight is 369 g/mol. The summed E-state index contributed by atoms with van der Waals surface area (Å²) in [5, 5.41) is 12.0. The van der Waals surface area contributed by atoms with Crippen molar-refractivity contribution in [1.82, 2.24) is 9.97 Å². The van der Waals surface area contributed by atoms with Crippen LogP contribution in [-0.2, 0) is 0 Å². The monoisotopic (exact) mass is 369 g/mol. The molecule has 19 heavy (non-hydrogen) atoms. The number of aromatic carboxylic acids is 1. The van der Waals surface area contributed by atoms with Crippen LogP contribution in [0.4, 0.5) is 11.6 Å². The number of aromatic nitrogens is 2. The summed E-state index contributed by atoms with van der Waals surface area (Å²) in [4.78, 5) is 19.1. The number of nitrogens with one attached hydrogen (secondary N) is 1. The molecule has 2 N–H and O–H groups in total. The number of hydrogen-bond acceptors (Lipinski definition) is 4. The van der Waals surface area contributed by atoms with Gasteiger partial charge in [0, 0.05) is 15.5 Å². The molecule has 0 atom stereocenters. The van der Waals surface area contributed by atoms with Crippen molar-refractivity contribution < 1.29 is 9.90 Å². The first-order valence-corrected chi connectivity index (χ1v) is 6.65. The van der Waals surface area contributed by atoms with Gasteiger partial charge in [0.1, 0.15) is 0 Å². The van der Waals surface area contributed by atoms with Gasteiger partial charge >= 0.3 is 5.97 Å². The number of carboxylic acids is 1. The Morgan fingerprint density at radius 3 is 2.74 bits per heavy atom. The van der Waals surface area contributed by atoms with Crippen LogP contribution in [0.15, 0.2) is 24.4 Å². The van der Waals surface area contributed by atoms with Gasteiger partial charge in [-0.15, -0.1) is 0 Å². The molecule has 6 heteroatoms. The van der Waals surface area contributed by atoms with Crippen LogP contribution in [-0.4, -0.2) is 21.0 Å². The average Bonchev–Trinajstić information content (AvgIpc) is 2.33. The predicted octanol–water partition coefficient (Wildman–Crippen LogP) is 3.14. The van der Waals surface area contributed by atoms with Gasteiger partial charge in [-0.05, 0) is 54.1 Å². The van der Waals surface area contributed by atoms with Gasteiger partial charge < -0.3 is 10.4 Å². The first-order chi connectivity index (χ1) is 8.97. The van der Waals surface area contributed by atoms with Crippen LogP contribution in [0.1, 0.15) is 21.6 Å². The van der Waals surface area contributed by atoms with Gasteiger partial charge in [-0.3, -0.25) is 0 Å². The number of rotatable bonds is 3. The number of hydrogen-bond donors (Lipinski definition) is 2. The lowest BCUT2D eigenvalue weighted by Crippen LogP contribution is -2.06. The van der Waals surface area contributed by atoms with Gasteiger partial charge in [0.15, 0.2) is 0 Å². The minimum atomic E-state index is -1.02. The molecular formula is C13H12IN3O2. The highest BCUT2D eigenvalue weighted by Gasteiger charge is 2.10. The Balaban J connectivity index is 2.31. The molecule has 0 aliphatic rings. The van der Waals surface area contributed by atoms with E-state index in [1.54, 1.807) is 6.92 Å². The van der Waals surface area contributed by atoms with Gasteiger partial charge in [0.25, 0.3) is 0 Å². The predicted molar refractivity (Wildman–Crippen MR) is 80.9 cm³/mol. The van der Waals surface area contributed by atoms with Crippen molar-refractivity contribution >= 4 is 40.2 Å². The van der Waals surface area contributed by atoms with Crippen LogP contribution in [0.5, 0.6) is 0 Å². The summed E-state index contributed by atoms with van der Waals surface area (Å²) in [6.45, 7) is 3.63. The number of benzene rings is 1. The van der Waals surface area contributed by atoms with Gasteiger partial charge in [0.05, 0.1) is 11.3 Å². The molecule has 0 aliphatic carbocycles. The Hall–Kier alpha value is -1.70. The molecule has 5 nitrogen and oxygen atoms in total. The molecule has 0 fully saturated rings. The van der Waals surface area contributed by atoms with E-state index in [4.69, 9.17) is 5.11 Å². The Labute approximate surface area is 124 Å². The molecular weight excluding hydrogens is 357 g/mol. The van der Waals surface area contributed by atoms with E-state index in [2.05, 4.69) is 37.9 Å². The summed E-state index contributed by atoms with van der Waals surface area (Å²) in [7, 11) is 0. The molecule has 98 valence electrons. The number of nitrogens with zero attached hydrogens (tertiary/aromatic N) is 2. The zero-order chi connectivity index (χ0) is 14.0. The zero-order valence-electron chi connectivity index (χ0n) is 10.4. The fourth-order valence-electron chi connectivity index (χ4n) is 1.59. The topological polar surface area (TPSA) is 75.1 Å². The first-order valence-electron chi connectivity index (χ1n) is 5.57. The summed E-state index contributed by atoms with van der Waals surface area (Å²) in [6, 6.07) is 6.00. The maximum absolute atomic E-state index is 10.9.